The fraction of sp³-hybridized carbons (Fsp3) is 0.125. The predicted molar refractivity (Wildman–Crippen MR) is 53.1 cm³/mol. The number of benzene rings is 1. The number of ether oxygens (including phenoxy) is 1. The molecule has 0 atom stereocenters. The number of nitrogens with zero attached hydrogens (tertiary/aromatic N) is 1. The van der Waals surface area contributed by atoms with E-state index in [9.17, 15) is 32.2 Å². The molecule has 0 N–H and O–H groups in total. The molecule has 0 unspecified atom stereocenters. The van der Waals surface area contributed by atoms with Crippen molar-refractivity contribution in [2.45, 2.75) is 0 Å². The Morgan fingerprint density at radius 3 is 2.33 bits per heavy atom. The maximum Gasteiger partial charge on any atom is 0.509 e. The lowest BCUT2D eigenvalue weighted by atomic mass is 9.79. The lowest BCUT2D eigenvalue weighted by molar-refractivity contribution is -0.385. The minimum Gasteiger partial charge on any atom is -0.465 e. The van der Waals surface area contributed by atoms with Gasteiger partial charge in [0.1, 0.15) is 5.82 Å². The number of hydrogen-bond acceptors (Lipinski definition) is 4. The molecule has 1 rings (SSSR count). The zero-order chi connectivity index (χ0) is 14.1. The molecule has 0 aliphatic heterocycles. The van der Waals surface area contributed by atoms with Crippen molar-refractivity contribution >= 4 is 24.1 Å². The summed E-state index contributed by atoms with van der Waals surface area (Å²) >= 11 is 0. The van der Waals surface area contributed by atoms with E-state index in [0.29, 0.717) is 0 Å². The normalized spacial score (nSPS) is 11.2. The number of halogens is 4. The molecule has 0 saturated heterocycles. The van der Waals surface area contributed by atoms with Gasteiger partial charge < -0.3 is 17.7 Å². The Hall–Kier alpha value is -2.13. The van der Waals surface area contributed by atoms with Gasteiger partial charge in [-0.2, -0.15) is 0 Å². The van der Waals surface area contributed by atoms with E-state index in [4.69, 9.17) is 0 Å². The van der Waals surface area contributed by atoms with Crippen molar-refractivity contribution in [1.29, 1.82) is 0 Å². The molecule has 0 aliphatic rings. The molecule has 10 heteroatoms. The lowest BCUT2D eigenvalue weighted by Crippen LogP contribution is -2.35. The fourth-order valence-corrected chi connectivity index (χ4v) is 1.25. The second kappa shape index (κ2) is 4.63. The first-order chi connectivity index (χ1) is 8.18. The van der Waals surface area contributed by atoms with Crippen molar-refractivity contribution in [2.24, 2.45) is 0 Å². The first kappa shape index (κ1) is 13.9. The number of esters is 1. The van der Waals surface area contributed by atoms with E-state index in [1.165, 1.54) is 0 Å². The summed E-state index contributed by atoms with van der Waals surface area (Å²) in [6, 6.07) is 0.134. The van der Waals surface area contributed by atoms with Gasteiger partial charge in [-0.15, -0.1) is 0 Å². The van der Waals surface area contributed by atoms with Crippen LogP contribution in [0.2, 0.25) is 0 Å². The molecule has 0 radical (unpaired) electrons. The number of hydrogen-bond donors (Lipinski definition) is 0. The quantitative estimate of drug-likeness (QED) is 0.274. The van der Waals surface area contributed by atoms with Gasteiger partial charge in [-0.25, -0.2) is 9.18 Å². The van der Waals surface area contributed by atoms with E-state index >= 15 is 0 Å². The van der Waals surface area contributed by atoms with Crippen molar-refractivity contribution in [3.05, 3.63) is 33.6 Å². The summed E-state index contributed by atoms with van der Waals surface area (Å²) in [5, 5.41) is 10.5. The van der Waals surface area contributed by atoms with Crippen molar-refractivity contribution in [2.75, 3.05) is 7.11 Å². The first-order valence-corrected chi connectivity index (χ1v) is 4.44. The van der Waals surface area contributed by atoms with E-state index in [0.717, 1.165) is 7.11 Å². The van der Waals surface area contributed by atoms with Gasteiger partial charge in [0, 0.05) is 0 Å². The van der Waals surface area contributed by atoms with Crippen LogP contribution in [0.5, 0.6) is 0 Å². The van der Waals surface area contributed by atoms with Crippen molar-refractivity contribution in [1.82, 2.24) is 0 Å². The summed E-state index contributed by atoms with van der Waals surface area (Å²) in [5.41, 5.74) is -3.91. The van der Waals surface area contributed by atoms with Crippen LogP contribution < -0.4 is 5.46 Å². The predicted octanol–water partition coefficient (Wildman–Crippen LogP) is 1.57. The van der Waals surface area contributed by atoms with Gasteiger partial charge in [-0.05, 0) is 6.07 Å². The maximum atomic E-state index is 13.3. The molecule has 0 saturated carbocycles. The topological polar surface area (TPSA) is 69.4 Å². The third kappa shape index (κ3) is 2.58. The second-order valence-electron chi connectivity index (χ2n) is 3.22. The minimum absolute atomic E-state index is 0.0270. The monoisotopic (exact) mass is 266 g/mol. The lowest BCUT2D eigenvalue weighted by Gasteiger charge is -2.15. The summed E-state index contributed by atoms with van der Waals surface area (Å²) in [6.45, 7) is -5.61. The zero-order valence-electron chi connectivity index (χ0n) is 8.82. The van der Waals surface area contributed by atoms with Crippen LogP contribution in [0, 0.1) is 15.9 Å². The van der Waals surface area contributed by atoms with Gasteiger partial charge in [0.25, 0.3) is 5.69 Å². The molecule has 1 aromatic rings. The average Bonchev–Trinajstić information content (AvgIpc) is 2.25. The van der Waals surface area contributed by atoms with Crippen LogP contribution in [0.1, 0.15) is 10.4 Å². The van der Waals surface area contributed by atoms with Gasteiger partial charge in [0.2, 0.25) is 0 Å². The summed E-state index contributed by atoms with van der Waals surface area (Å²) in [6.07, 6.45) is 0. The van der Waals surface area contributed by atoms with Crippen LogP contribution >= 0.6 is 0 Å². The molecular weight excluding hydrogens is 261 g/mol. The van der Waals surface area contributed by atoms with E-state index in [1.807, 2.05) is 0 Å². The Balaban J connectivity index is 3.56. The number of nitro groups is 1. The van der Waals surface area contributed by atoms with E-state index in [-0.39, 0.29) is 12.1 Å². The van der Waals surface area contributed by atoms with Gasteiger partial charge in [-0.1, -0.05) is 11.5 Å². The molecule has 0 amide bonds. The van der Waals surface area contributed by atoms with Crippen LogP contribution in [-0.4, -0.2) is 25.0 Å². The molecule has 0 aliphatic carbocycles. The molecule has 0 bridgehead atoms. The van der Waals surface area contributed by atoms with E-state index in [2.05, 4.69) is 4.74 Å². The van der Waals surface area contributed by atoms with Crippen LogP contribution in [0.4, 0.5) is 23.0 Å². The number of rotatable bonds is 3. The highest BCUT2D eigenvalue weighted by Gasteiger charge is 2.33. The van der Waals surface area contributed by atoms with Crippen molar-refractivity contribution < 1.29 is 31.8 Å². The standard InChI is InChI=1S/C8H5BF4NO4/c1-18-8(15)7-5(10)2-4(9(11,12)13)3-6(7)14(16)17/h2-3H,1H3/q-1. The van der Waals surface area contributed by atoms with Crippen LogP contribution in [0.3, 0.4) is 0 Å². The summed E-state index contributed by atoms with van der Waals surface area (Å²) in [4.78, 5) is 20.3. The Bertz CT molecular complexity index is 517. The molecule has 1 aromatic carbocycles. The average molecular weight is 266 g/mol. The minimum atomic E-state index is -5.61. The molecular formula is C8H5BF4NO4-. The molecule has 98 valence electrons. The van der Waals surface area contributed by atoms with Crippen LogP contribution in [0.25, 0.3) is 0 Å². The number of carbonyl (C=O) groups excluding carboxylic acids is 1. The Kier molecular flexibility index (Phi) is 3.58. The third-order valence-corrected chi connectivity index (χ3v) is 2.06. The Morgan fingerprint density at radius 1 is 1.39 bits per heavy atom. The number of methoxy groups -OCH3 is 1. The van der Waals surface area contributed by atoms with Crippen LogP contribution in [-0.2, 0) is 4.74 Å². The molecule has 5 nitrogen and oxygen atoms in total. The Labute approximate surface area is 97.6 Å². The van der Waals surface area contributed by atoms with Gasteiger partial charge in [0.05, 0.1) is 12.0 Å². The largest absolute Gasteiger partial charge is 0.509 e. The summed E-state index contributed by atoms with van der Waals surface area (Å²) < 4.78 is 54.6. The van der Waals surface area contributed by atoms with Crippen molar-refractivity contribution in [3.63, 3.8) is 0 Å². The van der Waals surface area contributed by atoms with Gasteiger partial charge in [-0.3, -0.25) is 10.1 Å². The van der Waals surface area contributed by atoms with Gasteiger partial charge >= 0.3 is 12.9 Å². The van der Waals surface area contributed by atoms with E-state index in [1.54, 1.807) is 0 Å². The highest BCUT2D eigenvalue weighted by atomic mass is 19.4. The number of carbonyl (C=O) groups is 1. The zero-order valence-corrected chi connectivity index (χ0v) is 8.82. The summed E-state index contributed by atoms with van der Waals surface area (Å²) in [7, 11) is 0.826. The van der Waals surface area contributed by atoms with Crippen molar-refractivity contribution in [3.8, 4) is 0 Å². The number of nitro benzene ring substituents is 1. The summed E-state index contributed by atoms with van der Waals surface area (Å²) in [5.74, 6) is -3.06. The smallest absolute Gasteiger partial charge is 0.465 e. The van der Waals surface area contributed by atoms with E-state index < -0.39 is 40.4 Å². The molecule has 0 aromatic heterocycles. The molecule has 0 spiro atoms. The fourth-order valence-electron chi connectivity index (χ4n) is 1.25. The molecule has 18 heavy (non-hydrogen) atoms. The highest BCUT2D eigenvalue weighted by molar-refractivity contribution is 6.73. The SMILES string of the molecule is COC(=O)c1c(F)cc([B-](F)(F)F)cc1[N+](=O)[O-]. The molecule has 0 fully saturated rings. The first-order valence-electron chi connectivity index (χ1n) is 4.44. The second-order valence-corrected chi connectivity index (χ2v) is 3.22. The Morgan fingerprint density at radius 2 is 1.94 bits per heavy atom. The molecule has 0 heterocycles. The van der Waals surface area contributed by atoms with Crippen LogP contribution in [0.15, 0.2) is 12.1 Å². The maximum absolute atomic E-state index is 13.3. The third-order valence-electron chi connectivity index (χ3n) is 2.06. The highest BCUT2D eigenvalue weighted by Crippen LogP contribution is 2.23. The van der Waals surface area contributed by atoms with Gasteiger partial charge in [0.15, 0.2) is 5.56 Å².